The summed E-state index contributed by atoms with van der Waals surface area (Å²) in [5, 5.41) is 11.0. The van der Waals surface area contributed by atoms with E-state index in [0.29, 0.717) is 6.42 Å². The van der Waals surface area contributed by atoms with E-state index in [-0.39, 0.29) is 23.1 Å². The Hall–Kier alpha value is -2.70. The molecule has 1 heterocycles. The third-order valence-corrected chi connectivity index (χ3v) is 2.49. The summed E-state index contributed by atoms with van der Waals surface area (Å²) in [7, 11) is 0. The van der Waals surface area contributed by atoms with Gasteiger partial charge in [-0.05, 0) is 18.1 Å². The highest BCUT2D eigenvalue weighted by atomic mass is 16.6. The third kappa shape index (κ3) is 2.95. The Bertz CT molecular complexity index is 598. The van der Waals surface area contributed by atoms with Crippen LogP contribution in [-0.2, 0) is 6.42 Å². The maximum absolute atomic E-state index is 11.0. The number of hydrogen-bond donors (Lipinski definition) is 1. The van der Waals surface area contributed by atoms with E-state index in [0.717, 1.165) is 5.56 Å². The lowest BCUT2D eigenvalue weighted by molar-refractivity contribution is -0.385. The van der Waals surface area contributed by atoms with Crippen molar-refractivity contribution in [1.82, 2.24) is 9.97 Å². The second kappa shape index (κ2) is 5.30. The average molecular weight is 260 g/mol. The summed E-state index contributed by atoms with van der Waals surface area (Å²) >= 11 is 0. The van der Waals surface area contributed by atoms with Crippen molar-refractivity contribution < 1.29 is 9.66 Å². The van der Waals surface area contributed by atoms with Crippen LogP contribution in [0.1, 0.15) is 12.5 Å². The van der Waals surface area contributed by atoms with Crippen LogP contribution in [0, 0.1) is 10.1 Å². The number of aryl methyl sites for hydroxylation is 1. The molecule has 0 aliphatic carbocycles. The molecule has 1 aromatic heterocycles. The van der Waals surface area contributed by atoms with Crippen LogP contribution < -0.4 is 10.5 Å². The summed E-state index contributed by atoms with van der Waals surface area (Å²) in [6.07, 6.45) is 3.34. The van der Waals surface area contributed by atoms with Gasteiger partial charge in [0.1, 0.15) is 5.82 Å². The molecule has 0 unspecified atom stereocenters. The highest BCUT2D eigenvalue weighted by molar-refractivity contribution is 5.50. The third-order valence-electron chi connectivity index (χ3n) is 2.49. The molecular formula is C12H12N4O3. The number of anilines is 1. The van der Waals surface area contributed by atoms with Crippen molar-refractivity contribution in [2.24, 2.45) is 0 Å². The molecule has 0 aliphatic rings. The Morgan fingerprint density at radius 2 is 2.16 bits per heavy atom. The van der Waals surface area contributed by atoms with Crippen molar-refractivity contribution in [3.63, 3.8) is 0 Å². The van der Waals surface area contributed by atoms with E-state index in [1.807, 2.05) is 6.92 Å². The van der Waals surface area contributed by atoms with Crippen molar-refractivity contribution in [3.05, 3.63) is 46.3 Å². The molecule has 0 bridgehead atoms. The molecule has 2 aromatic rings. The maximum atomic E-state index is 11.0. The SMILES string of the molecule is CCc1ccc(Oc2cnc(N)cn2)c([N+](=O)[O-])c1. The second-order valence-corrected chi connectivity index (χ2v) is 3.79. The standard InChI is InChI=1S/C12H12N4O3/c1-2-8-3-4-10(9(5-8)16(17)18)19-12-7-14-11(13)6-15-12/h3-7H,2H2,1H3,(H2,13,14). The van der Waals surface area contributed by atoms with Gasteiger partial charge in [-0.2, -0.15) is 0 Å². The van der Waals surface area contributed by atoms with Crippen LogP contribution in [0.5, 0.6) is 11.6 Å². The molecule has 0 saturated carbocycles. The monoisotopic (exact) mass is 260 g/mol. The first-order valence-electron chi connectivity index (χ1n) is 5.63. The van der Waals surface area contributed by atoms with E-state index >= 15 is 0 Å². The van der Waals surface area contributed by atoms with Gasteiger partial charge in [0.25, 0.3) is 0 Å². The fourth-order valence-electron chi connectivity index (χ4n) is 1.50. The summed E-state index contributed by atoms with van der Waals surface area (Å²) < 4.78 is 5.35. The first-order chi connectivity index (χ1) is 9.10. The van der Waals surface area contributed by atoms with E-state index in [1.54, 1.807) is 12.1 Å². The van der Waals surface area contributed by atoms with Crippen molar-refractivity contribution in [2.45, 2.75) is 13.3 Å². The summed E-state index contributed by atoms with van der Waals surface area (Å²) in [6.45, 7) is 1.92. The number of nitrogens with zero attached hydrogens (tertiary/aromatic N) is 3. The van der Waals surface area contributed by atoms with Gasteiger partial charge < -0.3 is 10.5 Å². The molecule has 19 heavy (non-hydrogen) atoms. The Morgan fingerprint density at radius 1 is 1.37 bits per heavy atom. The minimum absolute atomic E-state index is 0.0991. The van der Waals surface area contributed by atoms with Crippen molar-refractivity contribution in [2.75, 3.05) is 5.73 Å². The van der Waals surface area contributed by atoms with Crippen molar-refractivity contribution >= 4 is 11.5 Å². The lowest BCUT2D eigenvalue weighted by Gasteiger charge is -2.06. The molecule has 0 aliphatic heterocycles. The zero-order valence-electron chi connectivity index (χ0n) is 10.2. The topological polar surface area (TPSA) is 104 Å². The molecule has 0 fully saturated rings. The number of nitro groups is 1. The number of nitrogen functional groups attached to an aromatic ring is 1. The van der Waals surface area contributed by atoms with Crippen LogP contribution >= 0.6 is 0 Å². The fraction of sp³-hybridized carbons (Fsp3) is 0.167. The largest absolute Gasteiger partial charge is 0.430 e. The summed E-state index contributed by atoms with van der Waals surface area (Å²) in [6, 6.07) is 4.81. The molecule has 1 aromatic carbocycles. The molecule has 7 nitrogen and oxygen atoms in total. The maximum Gasteiger partial charge on any atom is 0.311 e. The normalized spacial score (nSPS) is 10.2. The van der Waals surface area contributed by atoms with Gasteiger partial charge in [-0.3, -0.25) is 10.1 Å². The van der Waals surface area contributed by atoms with Gasteiger partial charge in [0.05, 0.1) is 17.3 Å². The molecule has 0 saturated heterocycles. The van der Waals surface area contributed by atoms with E-state index in [1.165, 1.54) is 18.5 Å². The Labute approximate surface area is 109 Å². The van der Waals surface area contributed by atoms with Gasteiger partial charge in [-0.15, -0.1) is 0 Å². The molecule has 2 rings (SSSR count). The van der Waals surface area contributed by atoms with Gasteiger partial charge in [-0.1, -0.05) is 13.0 Å². The molecule has 0 amide bonds. The lowest BCUT2D eigenvalue weighted by Crippen LogP contribution is -1.97. The summed E-state index contributed by atoms with van der Waals surface area (Å²) in [5.41, 5.74) is 6.16. The van der Waals surface area contributed by atoms with Crippen LogP contribution in [-0.4, -0.2) is 14.9 Å². The zero-order valence-corrected chi connectivity index (χ0v) is 10.2. The van der Waals surface area contributed by atoms with Crippen LogP contribution in [0.3, 0.4) is 0 Å². The molecular weight excluding hydrogens is 248 g/mol. The van der Waals surface area contributed by atoms with E-state index in [9.17, 15) is 10.1 Å². The van der Waals surface area contributed by atoms with E-state index in [4.69, 9.17) is 10.5 Å². The quantitative estimate of drug-likeness (QED) is 0.668. The fourth-order valence-corrected chi connectivity index (χ4v) is 1.50. The van der Waals surface area contributed by atoms with Crippen molar-refractivity contribution in [1.29, 1.82) is 0 Å². The lowest BCUT2D eigenvalue weighted by atomic mass is 10.1. The number of ether oxygens (including phenoxy) is 1. The Morgan fingerprint density at radius 3 is 2.74 bits per heavy atom. The molecule has 0 radical (unpaired) electrons. The smallest absolute Gasteiger partial charge is 0.311 e. The highest BCUT2D eigenvalue weighted by Crippen LogP contribution is 2.31. The van der Waals surface area contributed by atoms with Crippen LogP contribution in [0.15, 0.2) is 30.6 Å². The zero-order chi connectivity index (χ0) is 13.8. The van der Waals surface area contributed by atoms with E-state index < -0.39 is 4.92 Å². The average Bonchev–Trinajstić information content (AvgIpc) is 2.41. The van der Waals surface area contributed by atoms with E-state index in [2.05, 4.69) is 9.97 Å². The van der Waals surface area contributed by atoms with Gasteiger partial charge in [0.15, 0.2) is 0 Å². The number of rotatable bonds is 4. The Balaban J connectivity index is 2.33. The van der Waals surface area contributed by atoms with Crippen LogP contribution in [0.2, 0.25) is 0 Å². The second-order valence-electron chi connectivity index (χ2n) is 3.79. The first kappa shape index (κ1) is 12.7. The highest BCUT2D eigenvalue weighted by Gasteiger charge is 2.16. The molecule has 7 heteroatoms. The minimum Gasteiger partial charge on any atom is -0.430 e. The first-order valence-corrected chi connectivity index (χ1v) is 5.63. The van der Waals surface area contributed by atoms with Crippen LogP contribution in [0.4, 0.5) is 11.5 Å². The predicted molar refractivity (Wildman–Crippen MR) is 69.0 cm³/mol. The van der Waals surface area contributed by atoms with Gasteiger partial charge >= 0.3 is 5.69 Å². The minimum atomic E-state index is -0.487. The van der Waals surface area contributed by atoms with Crippen LogP contribution in [0.25, 0.3) is 0 Å². The summed E-state index contributed by atoms with van der Waals surface area (Å²) in [4.78, 5) is 18.2. The molecule has 0 spiro atoms. The number of nitro benzene ring substituents is 1. The number of benzene rings is 1. The van der Waals surface area contributed by atoms with Gasteiger partial charge in [-0.25, -0.2) is 9.97 Å². The molecule has 98 valence electrons. The van der Waals surface area contributed by atoms with Gasteiger partial charge in [0.2, 0.25) is 11.6 Å². The number of aromatic nitrogens is 2. The van der Waals surface area contributed by atoms with Crippen molar-refractivity contribution in [3.8, 4) is 11.6 Å². The number of hydrogen-bond acceptors (Lipinski definition) is 6. The number of nitrogens with two attached hydrogens (primary N) is 1. The Kier molecular flexibility index (Phi) is 3.56. The summed E-state index contributed by atoms with van der Waals surface area (Å²) in [5.74, 6) is 0.533. The molecule has 0 atom stereocenters. The van der Waals surface area contributed by atoms with Gasteiger partial charge in [0, 0.05) is 6.07 Å². The predicted octanol–water partition coefficient (Wildman–Crippen LogP) is 2.32. The molecule has 2 N–H and O–H groups in total.